The second-order valence-corrected chi connectivity index (χ2v) is 4.91. The van der Waals surface area contributed by atoms with Crippen LogP contribution in [0.4, 0.5) is 0 Å². The van der Waals surface area contributed by atoms with Crippen molar-refractivity contribution in [3.63, 3.8) is 0 Å². The Hall–Kier alpha value is -1.71. The second kappa shape index (κ2) is 5.76. The molecular formula is C14H20O4. The van der Waals surface area contributed by atoms with Crippen molar-refractivity contribution in [1.82, 2.24) is 0 Å². The van der Waals surface area contributed by atoms with E-state index in [1.54, 1.807) is 18.2 Å². The highest BCUT2D eigenvalue weighted by Crippen LogP contribution is 2.35. The summed E-state index contributed by atoms with van der Waals surface area (Å²) in [5, 5.41) is 18.4. The number of hydrogen-bond donors (Lipinski definition) is 2. The molecule has 0 atom stereocenters. The van der Waals surface area contributed by atoms with E-state index in [-0.39, 0.29) is 24.2 Å². The first-order valence-corrected chi connectivity index (χ1v) is 6.05. The lowest BCUT2D eigenvalue weighted by molar-refractivity contribution is -0.137. The molecule has 0 bridgehead atoms. The average Bonchev–Trinajstić information content (AvgIpc) is 2.30. The molecule has 0 aliphatic rings. The first kappa shape index (κ1) is 14.4. The molecule has 0 aliphatic carbocycles. The van der Waals surface area contributed by atoms with Crippen LogP contribution in [0, 0.1) is 0 Å². The molecule has 100 valence electrons. The van der Waals surface area contributed by atoms with E-state index in [0.717, 1.165) is 12.0 Å². The lowest BCUT2D eigenvalue weighted by atomic mass is 9.81. The van der Waals surface area contributed by atoms with Crippen molar-refractivity contribution in [2.75, 3.05) is 6.61 Å². The van der Waals surface area contributed by atoms with Crippen LogP contribution in [0.1, 0.15) is 39.2 Å². The summed E-state index contributed by atoms with van der Waals surface area (Å²) in [6.07, 6.45) is 0.854. The summed E-state index contributed by atoms with van der Waals surface area (Å²) in [6.45, 7) is 6.27. The first-order valence-electron chi connectivity index (χ1n) is 6.05. The normalized spacial score (nSPS) is 11.3. The molecule has 18 heavy (non-hydrogen) atoms. The standard InChI is InChI=1S/C14H20O4/c1-4-14(2,3)11-9-10(5-6-12(11)15)18-8-7-13(16)17/h5-6,9,15H,4,7-8H2,1-3H3,(H,16,17). The SMILES string of the molecule is CCC(C)(C)c1cc(OCCC(=O)O)ccc1O. The quantitative estimate of drug-likeness (QED) is 0.816. The molecule has 0 aliphatic heterocycles. The maximum absolute atomic E-state index is 10.4. The summed E-state index contributed by atoms with van der Waals surface area (Å²) in [4.78, 5) is 10.4. The molecule has 0 spiro atoms. The van der Waals surface area contributed by atoms with Crippen LogP contribution in [-0.2, 0) is 10.2 Å². The Morgan fingerprint density at radius 1 is 1.39 bits per heavy atom. The molecule has 0 heterocycles. The molecule has 0 saturated carbocycles. The number of ether oxygens (including phenoxy) is 1. The van der Waals surface area contributed by atoms with Crippen LogP contribution in [0.5, 0.6) is 11.5 Å². The van der Waals surface area contributed by atoms with Gasteiger partial charge in [-0.3, -0.25) is 4.79 Å². The van der Waals surface area contributed by atoms with Gasteiger partial charge < -0.3 is 14.9 Å². The summed E-state index contributed by atoms with van der Waals surface area (Å²) >= 11 is 0. The van der Waals surface area contributed by atoms with Crippen LogP contribution in [0.2, 0.25) is 0 Å². The van der Waals surface area contributed by atoms with Gasteiger partial charge in [0, 0.05) is 5.56 Å². The number of aliphatic carboxylic acids is 1. The van der Waals surface area contributed by atoms with Gasteiger partial charge in [0.15, 0.2) is 0 Å². The Morgan fingerprint density at radius 2 is 2.06 bits per heavy atom. The van der Waals surface area contributed by atoms with E-state index in [4.69, 9.17) is 9.84 Å². The molecule has 1 aromatic rings. The van der Waals surface area contributed by atoms with Gasteiger partial charge in [-0.05, 0) is 30.0 Å². The average molecular weight is 252 g/mol. The lowest BCUT2D eigenvalue weighted by Crippen LogP contribution is -2.16. The summed E-state index contributed by atoms with van der Waals surface area (Å²) in [5.41, 5.74) is 0.675. The molecule has 0 aromatic heterocycles. The summed E-state index contributed by atoms with van der Waals surface area (Å²) in [5.74, 6) is -0.0547. The van der Waals surface area contributed by atoms with Gasteiger partial charge in [-0.2, -0.15) is 0 Å². The number of aromatic hydroxyl groups is 1. The van der Waals surface area contributed by atoms with Crippen molar-refractivity contribution < 1.29 is 19.7 Å². The zero-order chi connectivity index (χ0) is 13.8. The molecule has 0 fully saturated rings. The maximum atomic E-state index is 10.4. The molecule has 2 N–H and O–H groups in total. The van der Waals surface area contributed by atoms with E-state index in [2.05, 4.69) is 6.92 Å². The molecular weight excluding hydrogens is 232 g/mol. The lowest BCUT2D eigenvalue weighted by Gasteiger charge is -2.24. The van der Waals surface area contributed by atoms with Crippen LogP contribution in [0.25, 0.3) is 0 Å². The Labute approximate surface area is 107 Å². The predicted octanol–water partition coefficient (Wildman–Crippen LogP) is 2.93. The van der Waals surface area contributed by atoms with E-state index < -0.39 is 5.97 Å². The Balaban J connectivity index is 2.84. The molecule has 0 unspecified atom stereocenters. The minimum Gasteiger partial charge on any atom is -0.508 e. The van der Waals surface area contributed by atoms with Crippen molar-refractivity contribution in [2.45, 2.75) is 39.0 Å². The van der Waals surface area contributed by atoms with Crippen LogP contribution in [-0.4, -0.2) is 22.8 Å². The smallest absolute Gasteiger partial charge is 0.306 e. The number of carbonyl (C=O) groups is 1. The summed E-state index contributed by atoms with van der Waals surface area (Å²) < 4.78 is 5.36. The number of carboxylic acid groups (broad SMARTS) is 1. The van der Waals surface area contributed by atoms with Gasteiger partial charge in [0.05, 0.1) is 13.0 Å². The molecule has 1 aromatic carbocycles. The van der Waals surface area contributed by atoms with Gasteiger partial charge in [-0.15, -0.1) is 0 Å². The van der Waals surface area contributed by atoms with E-state index in [1.165, 1.54) is 0 Å². The van der Waals surface area contributed by atoms with E-state index >= 15 is 0 Å². The van der Waals surface area contributed by atoms with Gasteiger partial charge in [-0.1, -0.05) is 20.8 Å². The first-order chi connectivity index (χ1) is 8.36. The predicted molar refractivity (Wildman–Crippen MR) is 69.2 cm³/mol. The minimum atomic E-state index is -0.886. The van der Waals surface area contributed by atoms with E-state index in [1.807, 2.05) is 13.8 Å². The fourth-order valence-corrected chi connectivity index (χ4v) is 1.59. The molecule has 0 amide bonds. The Bertz CT molecular complexity index is 424. The molecule has 4 heteroatoms. The van der Waals surface area contributed by atoms with Crippen LogP contribution < -0.4 is 4.74 Å². The third kappa shape index (κ3) is 3.65. The summed E-state index contributed by atoms with van der Waals surface area (Å²) in [7, 11) is 0. The van der Waals surface area contributed by atoms with Gasteiger partial charge in [-0.25, -0.2) is 0 Å². The maximum Gasteiger partial charge on any atom is 0.306 e. The monoisotopic (exact) mass is 252 g/mol. The van der Waals surface area contributed by atoms with Crippen LogP contribution in [0.3, 0.4) is 0 Å². The fourth-order valence-electron chi connectivity index (χ4n) is 1.59. The molecule has 4 nitrogen and oxygen atoms in total. The van der Waals surface area contributed by atoms with Crippen molar-refractivity contribution in [3.8, 4) is 11.5 Å². The van der Waals surface area contributed by atoms with Crippen LogP contribution >= 0.6 is 0 Å². The largest absolute Gasteiger partial charge is 0.508 e. The highest BCUT2D eigenvalue weighted by Gasteiger charge is 2.22. The fraction of sp³-hybridized carbons (Fsp3) is 0.500. The zero-order valence-corrected chi connectivity index (χ0v) is 11.1. The third-order valence-electron chi connectivity index (χ3n) is 3.17. The van der Waals surface area contributed by atoms with E-state index in [9.17, 15) is 9.90 Å². The Morgan fingerprint density at radius 3 is 2.61 bits per heavy atom. The highest BCUT2D eigenvalue weighted by atomic mass is 16.5. The van der Waals surface area contributed by atoms with Crippen LogP contribution in [0.15, 0.2) is 18.2 Å². The number of phenolic OH excluding ortho intramolecular Hbond substituents is 1. The van der Waals surface area contributed by atoms with Crippen molar-refractivity contribution in [2.24, 2.45) is 0 Å². The van der Waals surface area contributed by atoms with Crippen molar-refractivity contribution in [1.29, 1.82) is 0 Å². The molecule has 0 saturated heterocycles. The number of rotatable bonds is 6. The number of carboxylic acids is 1. The van der Waals surface area contributed by atoms with Crippen molar-refractivity contribution >= 4 is 5.97 Å². The topological polar surface area (TPSA) is 66.8 Å². The molecule has 0 radical (unpaired) electrons. The number of hydrogen-bond acceptors (Lipinski definition) is 3. The minimum absolute atomic E-state index is 0.0343. The van der Waals surface area contributed by atoms with Crippen molar-refractivity contribution in [3.05, 3.63) is 23.8 Å². The number of benzene rings is 1. The summed E-state index contributed by atoms with van der Waals surface area (Å²) in [6, 6.07) is 5.01. The van der Waals surface area contributed by atoms with Gasteiger partial charge in [0.2, 0.25) is 0 Å². The zero-order valence-electron chi connectivity index (χ0n) is 11.1. The Kier molecular flexibility index (Phi) is 4.59. The highest BCUT2D eigenvalue weighted by molar-refractivity contribution is 5.66. The van der Waals surface area contributed by atoms with Gasteiger partial charge in [0.25, 0.3) is 0 Å². The molecule has 1 rings (SSSR count). The number of phenols is 1. The van der Waals surface area contributed by atoms with E-state index in [0.29, 0.717) is 5.75 Å². The third-order valence-corrected chi connectivity index (χ3v) is 3.17. The second-order valence-electron chi connectivity index (χ2n) is 4.91. The van der Waals surface area contributed by atoms with Gasteiger partial charge >= 0.3 is 5.97 Å². The van der Waals surface area contributed by atoms with Gasteiger partial charge in [0.1, 0.15) is 11.5 Å².